The molecule has 8 heteroatoms. The molecule has 22 heavy (non-hydrogen) atoms. The van der Waals surface area contributed by atoms with Crippen molar-refractivity contribution in [2.75, 3.05) is 39.6 Å². The van der Waals surface area contributed by atoms with Gasteiger partial charge in [-0.25, -0.2) is 12.8 Å². The second-order valence-corrected chi connectivity index (χ2v) is 6.80. The van der Waals surface area contributed by atoms with E-state index in [9.17, 15) is 17.6 Å². The second kappa shape index (κ2) is 8.82. The highest BCUT2D eigenvalue weighted by molar-refractivity contribution is 7.88. The fourth-order valence-electron chi connectivity index (χ4n) is 1.77. The largest absolute Gasteiger partial charge is 0.383 e. The summed E-state index contributed by atoms with van der Waals surface area (Å²) in [5.74, 6) is -0.696. The topological polar surface area (TPSA) is 75.7 Å². The summed E-state index contributed by atoms with van der Waals surface area (Å²) in [6.07, 6.45) is 1.59. The van der Waals surface area contributed by atoms with E-state index in [1.165, 1.54) is 19.2 Å². The zero-order valence-corrected chi connectivity index (χ0v) is 13.5. The maximum Gasteiger partial charge on any atom is 0.235 e. The Morgan fingerprint density at radius 3 is 2.50 bits per heavy atom. The predicted octanol–water partition coefficient (Wildman–Crippen LogP) is 0.392. The van der Waals surface area contributed by atoms with Crippen molar-refractivity contribution in [2.45, 2.75) is 6.42 Å². The smallest absolute Gasteiger partial charge is 0.235 e. The first-order valence-electron chi connectivity index (χ1n) is 6.78. The molecule has 0 saturated heterocycles. The number of benzene rings is 1. The van der Waals surface area contributed by atoms with E-state index in [1.54, 1.807) is 12.1 Å². The molecule has 1 aromatic carbocycles. The Morgan fingerprint density at radius 2 is 1.95 bits per heavy atom. The third-order valence-electron chi connectivity index (χ3n) is 2.98. The summed E-state index contributed by atoms with van der Waals surface area (Å²) >= 11 is 0. The van der Waals surface area contributed by atoms with Crippen molar-refractivity contribution in [2.24, 2.45) is 0 Å². The minimum absolute atomic E-state index is 0.126. The van der Waals surface area contributed by atoms with Crippen LogP contribution in [0.3, 0.4) is 0 Å². The maximum absolute atomic E-state index is 12.8. The molecule has 0 aromatic heterocycles. The Balaban J connectivity index is 2.41. The number of hydrogen-bond donors (Lipinski definition) is 1. The molecule has 0 bridgehead atoms. The molecule has 0 spiro atoms. The lowest BCUT2D eigenvalue weighted by molar-refractivity contribution is -0.121. The Bertz CT molecular complexity index is 575. The molecule has 0 unspecified atom stereocenters. The number of sulfonamides is 1. The monoisotopic (exact) mass is 332 g/mol. The molecule has 6 nitrogen and oxygen atoms in total. The first kappa shape index (κ1) is 18.5. The average molecular weight is 332 g/mol. The molecule has 124 valence electrons. The van der Waals surface area contributed by atoms with Gasteiger partial charge < -0.3 is 10.1 Å². The van der Waals surface area contributed by atoms with Crippen molar-refractivity contribution in [3.05, 3.63) is 35.6 Å². The molecule has 1 amide bonds. The Morgan fingerprint density at radius 1 is 1.32 bits per heavy atom. The number of hydrogen-bond acceptors (Lipinski definition) is 4. The molecule has 0 radical (unpaired) electrons. The number of halogens is 1. The lowest BCUT2D eigenvalue weighted by Gasteiger charge is -2.18. The Hall–Kier alpha value is -1.51. The molecular weight excluding hydrogens is 311 g/mol. The molecule has 0 atom stereocenters. The van der Waals surface area contributed by atoms with E-state index in [0.717, 1.165) is 16.1 Å². The number of rotatable bonds is 9. The number of methoxy groups -OCH3 is 1. The average Bonchev–Trinajstić information content (AvgIpc) is 2.44. The number of ether oxygens (including phenoxy) is 1. The maximum atomic E-state index is 12.8. The van der Waals surface area contributed by atoms with E-state index in [-0.39, 0.29) is 31.4 Å². The predicted molar refractivity (Wildman–Crippen MR) is 81.4 cm³/mol. The number of carbonyl (C=O) groups excluding carboxylic acids is 1. The lowest BCUT2D eigenvalue weighted by Crippen LogP contribution is -2.42. The number of carbonyl (C=O) groups is 1. The third kappa shape index (κ3) is 6.97. The van der Waals surface area contributed by atoms with Crippen LogP contribution in [0.4, 0.5) is 4.39 Å². The highest BCUT2D eigenvalue weighted by Gasteiger charge is 2.19. The Labute approximate surface area is 130 Å². The summed E-state index contributed by atoms with van der Waals surface area (Å²) in [4.78, 5) is 11.8. The van der Waals surface area contributed by atoms with Gasteiger partial charge in [-0.15, -0.1) is 0 Å². The first-order chi connectivity index (χ1) is 10.3. The normalized spacial score (nSPS) is 11.6. The van der Waals surface area contributed by atoms with Crippen LogP contribution < -0.4 is 5.32 Å². The van der Waals surface area contributed by atoms with E-state index in [0.29, 0.717) is 13.0 Å². The minimum Gasteiger partial charge on any atom is -0.383 e. The standard InChI is InChI=1S/C14H21FN2O4S/c1-21-10-9-17(22(2,19)20)11-14(18)16-8-7-12-3-5-13(15)6-4-12/h3-6H,7-11H2,1-2H3,(H,16,18). The quantitative estimate of drug-likeness (QED) is 0.710. The van der Waals surface area contributed by atoms with Gasteiger partial charge in [0, 0.05) is 20.2 Å². The second-order valence-electron chi connectivity index (χ2n) is 4.82. The summed E-state index contributed by atoms with van der Waals surface area (Å²) in [5.41, 5.74) is 0.890. The summed E-state index contributed by atoms with van der Waals surface area (Å²) < 4.78 is 41.7. The van der Waals surface area contributed by atoms with Gasteiger partial charge in [0.15, 0.2) is 0 Å². The molecule has 0 aliphatic heterocycles. The van der Waals surface area contributed by atoms with Crippen molar-refractivity contribution in [3.8, 4) is 0 Å². The van der Waals surface area contributed by atoms with Crippen LogP contribution in [0.15, 0.2) is 24.3 Å². The van der Waals surface area contributed by atoms with Gasteiger partial charge in [0.05, 0.1) is 19.4 Å². The molecule has 1 rings (SSSR count). The number of amides is 1. The van der Waals surface area contributed by atoms with Crippen LogP contribution in [0.25, 0.3) is 0 Å². The van der Waals surface area contributed by atoms with Gasteiger partial charge in [-0.3, -0.25) is 4.79 Å². The van der Waals surface area contributed by atoms with Crippen LogP contribution in [-0.2, 0) is 26.0 Å². The van der Waals surface area contributed by atoms with E-state index in [2.05, 4.69) is 5.32 Å². The van der Waals surface area contributed by atoms with Crippen LogP contribution >= 0.6 is 0 Å². The van der Waals surface area contributed by atoms with Crippen LogP contribution in [-0.4, -0.2) is 58.2 Å². The van der Waals surface area contributed by atoms with Gasteiger partial charge in [0.25, 0.3) is 0 Å². The van der Waals surface area contributed by atoms with Crippen LogP contribution in [0.2, 0.25) is 0 Å². The fourth-order valence-corrected chi connectivity index (χ4v) is 2.53. The SMILES string of the molecule is COCCN(CC(=O)NCCc1ccc(F)cc1)S(C)(=O)=O. The van der Waals surface area contributed by atoms with Crippen molar-refractivity contribution in [3.63, 3.8) is 0 Å². The lowest BCUT2D eigenvalue weighted by atomic mass is 10.1. The molecule has 0 saturated carbocycles. The van der Waals surface area contributed by atoms with Gasteiger partial charge in [0.2, 0.25) is 15.9 Å². The van der Waals surface area contributed by atoms with E-state index in [1.807, 2.05) is 0 Å². The van der Waals surface area contributed by atoms with Crippen molar-refractivity contribution < 1.29 is 22.3 Å². The highest BCUT2D eigenvalue weighted by Crippen LogP contribution is 2.03. The van der Waals surface area contributed by atoms with E-state index < -0.39 is 10.0 Å². The number of nitrogens with one attached hydrogen (secondary N) is 1. The third-order valence-corrected chi connectivity index (χ3v) is 4.23. The zero-order valence-electron chi connectivity index (χ0n) is 12.7. The summed E-state index contributed by atoms with van der Waals surface area (Å²) in [6, 6.07) is 5.99. The van der Waals surface area contributed by atoms with Crippen molar-refractivity contribution >= 4 is 15.9 Å². The van der Waals surface area contributed by atoms with Crippen LogP contribution in [0, 0.1) is 5.82 Å². The molecule has 0 heterocycles. The van der Waals surface area contributed by atoms with E-state index >= 15 is 0 Å². The molecule has 1 aromatic rings. The highest BCUT2D eigenvalue weighted by atomic mass is 32.2. The van der Waals surface area contributed by atoms with Gasteiger partial charge >= 0.3 is 0 Å². The molecular formula is C14H21FN2O4S. The molecule has 0 aliphatic rings. The Kier molecular flexibility index (Phi) is 7.43. The number of nitrogens with zero attached hydrogens (tertiary/aromatic N) is 1. The first-order valence-corrected chi connectivity index (χ1v) is 8.63. The van der Waals surface area contributed by atoms with E-state index in [4.69, 9.17) is 4.74 Å². The van der Waals surface area contributed by atoms with Gasteiger partial charge in [-0.2, -0.15) is 4.31 Å². The summed E-state index contributed by atoms with van der Waals surface area (Å²) in [7, 11) is -2.00. The summed E-state index contributed by atoms with van der Waals surface area (Å²) in [6.45, 7) is 0.453. The van der Waals surface area contributed by atoms with Crippen LogP contribution in [0.5, 0.6) is 0 Å². The minimum atomic E-state index is -3.46. The molecule has 0 aliphatic carbocycles. The molecule has 1 N–H and O–H groups in total. The zero-order chi connectivity index (χ0) is 16.6. The van der Waals surface area contributed by atoms with Gasteiger partial charge in [-0.1, -0.05) is 12.1 Å². The summed E-state index contributed by atoms with van der Waals surface area (Å²) in [5, 5.41) is 2.65. The molecule has 0 fully saturated rings. The van der Waals surface area contributed by atoms with Crippen molar-refractivity contribution in [1.29, 1.82) is 0 Å². The van der Waals surface area contributed by atoms with Gasteiger partial charge in [-0.05, 0) is 24.1 Å². The van der Waals surface area contributed by atoms with Crippen LogP contribution in [0.1, 0.15) is 5.56 Å². The van der Waals surface area contributed by atoms with Crippen molar-refractivity contribution in [1.82, 2.24) is 9.62 Å². The van der Waals surface area contributed by atoms with Gasteiger partial charge in [0.1, 0.15) is 5.82 Å². The fraction of sp³-hybridized carbons (Fsp3) is 0.500.